The minimum atomic E-state index is -0.237. The van der Waals surface area contributed by atoms with Gasteiger partial charge in [-0.1, -0.05) is 0 Å². The summed E-state index contributed by atoms with van der Waals surface area (Å²) in [5.74, 6) is 0.106. The van der Waals surface area contributed by atoms with Gasteiger partial charge in [0.25, 0.3) is 5.91 Å². The van der Waals surface area contributed by atoms with Gasteiger partial charge in [0.2, 0.25) is 0 Å². The van der Waals surface area contributed by atoms with Gasteiger partial charge in [0.15, 0.2) is 5.78 Å². The number of amides is 1. The molecular weight excluding hydrogens is 384 g/mol. The first-order valence-corrected chi connectivity index (χ1v) is 10.5. The van der Waals surface area contributed by atoms with E-state index in [1.807, 2.05) is 5.38 Å². The number of ketones is 1. The summed E-state index contributed by atoms with van der Waals surface area (Å²) in [5, 5.41) is 9.03. The van der Waals surface area contributed by atoms with Gasteiger partial charge in [-0.2, -0.15) is 0 Å². The molecule has 0 radical (unpaired) electrons. The van der Waals surface area contributed by atoms with Gasteiger partial charge < -0.3 is 16.4 Å². The zero-order valence-corrected chi connectivity index (χ0v) is 16.7. The molecule has 1 saturated heterocycles. The molecule has 1 aliphatic heterocycles. The van der Waals surface area contributed by atoms with Crippen molar-refractivity contribution >= 4 is 34.4 Å². The summed E-state index contributed by atoms with van der Waals surface area (Å²) in [7, 11) is 0. The van der Waals surface area contributed by atoms with Crippen LogP contribution in [-0.4, -0.2) is 29.8 Å². The maximum Gasteiger partial charge on any atom is 0.275 e. The fourth-order valence-electron chi connectivity index (χ4n) is 3.35. The summed E-state index contributed by atoms with van der Waals surface area (Å²) < 4.78 is 0. The number of nitrogens with zero attached hydrogens (tertiary/aromatic N) is 1. The fourth-order valence-corrected chi connectivity index (χ4v) is 4.32. The van der Waals surface area contributed by atoms with Crippen LogP contribution in [0.15, 0.2) is 53.9 Å². The van der Waals surface area contributed by atoms with Gasteiger partial charge in [0.1, 0.15) is 5.69 Å². The Labute approximate surface area is 173 Å². The van der Waals surface area contributed by atoms with E-state index in [-0.39, 0.29) is 11.7 Å². The highest BCUT2D eigenvalue weighted by atomic mass is 32.1. The molecule has 4 rings (SSSR count). The van der Waals surface area contributed by atoms with E-state index in [9.17, 15) is 9.59 Å². The number of nitrogens with two attached hydrogens (primary N) is 1. The Kier molecular flexibility index (Phi) is 5.69. The number of carbonyl (C=O) groups excluding carboxylic acids is 2. The summed E-state index contributed by atoms with van der Waals surface area (Å²) in [6, 6.07) is 13.7. The Hall–Kier alpha value is -3.03. The molecule has 1 fully saturated rings. The number of hydrogen-bond donors (Lipinski definition) is 3. The highest BCUT2D eigenvalue weighted by molar-refractivity contribution is 7.10. The van der Waals surface area contributed by atoms with Crippen LogP contribution in [0.4, 0.5) is 11.4 Å². The van der Waals surface area contributed by atoms with Crippen LogP contribution in [-0.2, 0) is 0 Å². The first-order valence-electron chi connectivity index (χ1n) is 9.58. The van der Waals surface area contributed by atoms with E-state index in [1.165, 1.54) is 0 Å². The molecule has 1 amide bonds. The van der Waals surface area contributed by atoms with Crippen molar-refractivity contribution in [1.82, 2.24) is 10.3 Å². The smallest absolute Gasteiger partial charge is 0.275 e. The zero-order chi connectivity index (χ0) is 20.2. The van der Waals surface area contributed by atoms with Gasteiger partial charge >= 0.3 is 0 Å². The van der Waals surface area contributed by atoms with E-state index in [2.05, 4.69) is 15.6 Å². The molecule has 3 aromatic rings. The average Bonchev–Trinajstić information content (AvgIpc) is 3.26. The number of hydrogen-bond acceptors (Lipinski definition) is 6. The maximum absolute atomic E-state index is 12.5. The van der Waals surface area contributed by atoms with Crippen molar-refractivity contribution in [2.75, 3.05) is 24.1 Å². The molecule has 6 nitrogen and oxygen atoms in total. The Morgan fingerprint density at radius 1 is 1.00 bits per heavy atom. The molecule has 1 aromatic heterocycles. The second-order valence-corrected chi connectivity index (χ2v) is 7.97. The van der Waals surface area contributed by atoms with Crippen LogP contribution in [0, 0.1) is 0 Å². The van der Waals surface area contributed by atoms with Crippen molar-refractivity contribution in [2.24, 2.45) is 0 Å². The normalized spacial score (nSPS) is 14.5. The zero-order valence-electron chi connectivity index (χ0n) is 15.9. The van der Waals surface area contributed by atoms with Crippen molar-refractivity contribution in [2.45, 2.75) is 18.8 Å². The van der Waals surface area contributed by atoms with E-state index < -0.39 is 0 Å². The van der Waals surface area contributed by atoms with Crippen LogP contribution >= 0.6 is 11.3 Å². The van der Waals surface area contributed by atoms with Crippen molar-refractivity contribution in [1.29, 1.82) is 0 Å². The highest BCUT2D eigenvalue weighted by Crippen LogP contribution is 2.28. The van der Waals surface area contributed by atoms with E-state index in [0.717, 1.165) is 30.9 Å². The number of piperidine rings is 1. The summed E-state index contributed by atoms with van der Waals surface area (Å²) >= 11 is 1.55. The minimum absolute atomic E-state index is 0.0889. The second kappa shape index (κ2) is 8.55. The standard InChI is InChI=1S/C22H22N4O2S/c23-17-5-1-14(2-6-17)20(27)15-3-7-18(8-4-15)25-21(28)19-13-29-22(26-19)16-9-11-24-12-10-16/h1-8,13,16,24H,9-12,23H2,(H,25,28). The molecule has 0 unspecified atom stereocenters. The minimum Gasteiger partial charge on any atom is -0.399 e. The number of anilines is 2. The van der Waals surface area contributed by atoms with Gasteiger partial charge in [0, 0.05) is 33.8 Å². The van der Waals surface area contributed by atoms with Crippen LogP contribution in [0.2, 0.25) is 0 Å². The van der Waals surface area contributed by atoms with Gasteiger partial charge in [-0.25, -0.2) is 4.98 Å². The van der Waals surface area contributed by atoms with Gasteiger partial charge in [-0.05, 0) is 74.5 Å². The van der Waals surface area contributed by atoms with Crippen LogP contribution in [0.5, 0.6) is 0 Å². The molecule has 0 aliphatic carbocycles. The van der Waals surface area contributed by atoms with Crippen molar-refractivity contribution < 1.29 is 9.59 Å². The summed E-state index contributed by atoms with van der Waals surface area (Å²) in [6.45, 7) is 1.99. The molecule has 7 heteroatoms. The molecule has 0 atom stereocenters. The van der Waals surface area contributed by atoms with Crippen LogP contribution in [0.3, 0.4) is 0 Å². The number of thiazole rings is 1. The first-order chi connectivity index (χ1) is 14.1. The lowest BCUT2D eigenvalue weighted by Crippen LogP contribution is -2.26. The van der Waals surface area contributed by atoms with E-state index in [0.29, 0.717) is 34.1 Å². The average molecular weight is 407 g/mol. The molecule has 2 heterocycles. The monoisotopic (exact) mass is 406 g/mol. The predicted octanol–water partition coefficient (Wildman–Crippen LogP) is 3.68. The Morgan fingerprint density at radius 3 is 2.28 bits per heavy atom. The lowest BCUT2D eigenvalue weighted by atomic mass is 9.99. The third kappa shape index (κ3) is 4.52. The number of rotatable bonds is 5. The molecule has 29 heavy (non-hydrogen) atoms. The number of nitrogens with one attached hydrogen (secondary N) is 2. The molecule has 2 aromatic carbocycles. The van der Waals surface area contributed by atoms with Crippen LogP contribution in [0.25, 0.3) is 0 Å². The molecule has 0 saturated carbocycles. The van der Waals surface area contributed by atoms with Crippen molar-refractivity contribution in [3.8, 4) is 0 Å². The number of nitrogen functional groups attached to an aromatic ring is 1. The van der Waals surface area contributed by atoms with Gasteiger partial charge in [0.05, 0.1) is 5.01 Å². The molecule has 4 N–H and O–H groups in total. The van der Waals surface area contributed by atoms with Gasteiger partial charge in [-0.15, -0.1) is 11.3 Å². The lowest BCUT2D eigenvalue weighted by Gasteiger charge is -2.20. The molecule has 0 bridgehead atoms. The largest absolute Gasteiger partial charge is 0.399 e. The highest BCUT2D eigenvalue weighted by Gasteiger charge is 2.20. The third-order valence-electron chi connectivity index (χ3n) is 5.02. The van der Waals surface area contributed by atoms with E-state index in [4.69, 9.17) is 5.73 Å². The first kappa shape index (κ1) is 19.3. The summed E-state index contributed by atoms with van der Waals surface area (Å²) in [5.41, 5.74) is 8.47. The topological polar surface area (TPSA) is 97.1 Å². The van der Waals surface area contributed by atoms with Crippen LogP contribution in [0.1, 0.15) is 50.2 Å². The molecule has 148 valence electrons. The summed E-state index contributed by atoms with van der Waals surface area (Å²) in [4.78, 5) is 29.6. The van der Waals surface area contributed by atoms with Crippen LogP contribution < -0.4 is 16.4 Å². The number of carbonyl (C=O) groups is 2. The number of aromatic nitrogens is 1. The van der Waals surface area contributed by atoms with Crippen molar-refractivity contribution in [3.05, 3.63) is 75.7 Å². The molecular formula is C22H22N4O2S. The molecule has 0 spiro atoms. The Morgan fingerprint density at radius 2 is 1.62 bits per heavy atom. The van der Waals surface area contributed by atoms with Crippen molar-refractivity contribution in [3.63, 3.8) is 0 Å². The quantitative estimate of drug-likeness (QED) is 0.444. The Balaban J connectivity index is 1.40. The Bertz CT molecular complexity index is 1010. The van der Waals surface area contributed by atoms with E-state index in [1.54, 1.807) is 59.9 Å². The predicted molar refractivity (Wildman–Crippen MR) is 116 cm³/mol. The SMILES string of the molecule is Nc1ccc(C(=O)c2ccc(NC(=O)c3csc(C4CCNCC4)n3)cc2)cc1. The fraction of sp³-hybridized carbons (Fsp3) is 0.227. The van der Waals surface area contributed by atoms with E-state index >= 15 is 0 Å². The second-order valence-electron chi connectivity index (χ2n) is 7.08. The lowest BCUT2D eigenvalue weighted by molar-refractivity contribution is 0.102. The van der Waals surface area contributed by atoms with Gasteiger partial charge in [-0.3, -0.25) is 9.59 Å². The number of benzene rings is 2. The summed E-state index contributed by atoms with van der Waals surface area (Å²) in [6.07, 6.45) is 2.11. The molecule has 1 aliphatic rings. The maximum atomic E-state index is 12.5. The third-order valence-corrected chi connectivity index (χ3v) is 6.03.